The van der Waals surface area contributed by atoms with Crippen molar-refractivity contribution < 1.29 is 28.7 Å². The van der Waals surface area contributed by atoms with Gasteiger partial charge in [-0.05, 0) is 77.5 Å². The zero-order chi connectivity index (χ0) is 30.9. The molecule has 0 saturated heterocycles. The number of aryl methyl sites for hydroxylation is 2. The number of ether oxygens (including phenoxy) is 2. The first-order valence-electron chi connectivity index (χ1n) is 14.8. The van der Waals surface area contributed by atoms with Gasteiger partial charge in [0.05, 0.1) is 13.0 Å². The summed E-state index contributed by atoms with van der Waals surface area (Å²) in [5, 5.41) is 5.67. The number of esters is 1. The zero-order valence-electron chi connectivity index (χ0n) is 25.7. The first-order valence-corrected chi connectivity index (χ1v) is 14.8. The van der Waals surface area contributed by atoms with Gasteiger partial charge >= 0.3 is 12.1 Å². The summed E-state index contributed by atoms with van der Waals surface area (Å²) in [6.45, 7) is 11.2. The van der Waals surface area contributed by atoms with E-state index in [2.05, 4.69) is 10.6 Å². The summed E-state index contributed by atoms with van der Waals surface area (Å²) in [5.41, 5.74) is 2.72. The fourth-order valence-corrected chi connectivity index (χ4v) is 5.03. The Balaban J connectivity index is 2.01. The third-order valence-corrected chi connectivity index (χ3v) is 7.17. The van der Waals surface area contributed by atoms with Crippen molar-refractivity contribution in [1.29, 1.82) is 0 Å². The first kappa shape index (κ1) is 32.6. The van der Waals surface area contributed by atoms with Gasteiger partial charge in [-0.1, -0.05) is 54.1 Å². The highest BCUT2D eigenvalue weighted by molar-refractivity contribution is 5.93. The summed E-state index contributed by atoms with van der Waals surface area (Å²) in [5.74, 6) is -1.15. The SMILES string of the molecule is CCOC(=O)CCNC(=O)C(c1ccc(C)cc1C)N(C(=O)C(Cc1ccccc1)NC(=O)OC(C)(C)C)C1CCC1. The van der Waals surface area contributed by atoms with Crippen LogP contribution in [0, 0.1) is 13.8 Å². The number of nitrogens with one attached hydrogen (secondary N) is 2. The van der Waals surface area contributed by atoms with E-state index in [0.717, 1.165) is 36.0 Å². The number of alkyl carbamates (subject to hydrolysis) is 1. The van der Waals surface area contributed by atoms with Crippen LogP contribution in [-0.2, 0) is 30.3 Å². The largest absolute Gasteiger partial charge is 0.466 e. The molecular formula is C33H45N3O6. The molecule has 0 aliphatic heterocycles. The van der Waals surface area contributed by atoms with Gasteiger partial charge in [-0.15, -0.1) is 0 Å². The molecule has 2 unspecified atom stereocenters. The molecule has 0 bridgehead atoms. The molecule has 9 heteroatoms. The smallest absolute Gasteiger partial charge is 0.408 e. The normalized spacial score (nSPS) is 14.6. The Hall–Kier alpha value is -3.88. The molecule has 0 aromatic heterocycles. The topological polar surface area (TPSA) is 114 Å². The molecule has 2 atom stereocenters. The summed E-state index contributed by atoms with van der Waals surface area (Å²) in [6.07, 6.45) is 1.97. The van der Waals surface area contributed by atoms with Gasteiger partial charge in [-0.3, -0.25) is 14.4 Å². The number of hydrogen-bond acceptors (Lipinski definition) is 6. The van der Waals surface area contributed by atoms with E-state index in [1.807, 2.05) is 62.4 Å². The molecule has 2 aromatic carbocycles. The lowest BCUT2D eigenvalue weighted by Gasteiger charge is -2.44. The number of carbonyl (C=O) groups excluding carboxylic acids is 4. The second-order valence-electron chi connectivity index (χ2n) is 11.8. The van der Waals surface area contributed by atoms with Crippen molar-refractivity contribution in [2.75, 3.05) is 13.2 Å². The highest BCUT2D eigenvalue weighted by Crippen LogP contribution is 2.35. The summed E-state index contributed by atoms with van der Waals surface area (Å²) >= 11 is 0. The molecule has 2 aromatic rings. The summed E-state index contributed by atoms with van der Waals surface area (Å²) in [6, 6.07) is 13.1. The van der Waals surface area contributed by atoms with Crippen molar-refractivity contribution >= 4 is 23.9 Å². The number of benzene rings is 2. The lowest BCUT2D eigenvalue weighted by atomic mass is 9.86. The van der Waals surface area contributed by atoms with Crippen molar-refractivity contribution in [2.45, 2.75) is 97.4 Å². The molecule has 2 N–H and O–H groups in total. The van der Waals surface area contributed by atoms with Crippen LogP contribution in [0.5, 0.6) is 0 Å². The molecular weight excluding hydrogens is 534 g/mol. The predicted molar refractivity (Wildman–Crippen MR) is 161 cm³/mol. The predicted octanol–water partition coefficient (Wildman–Crippen LogP) is 4.93. The minimum Gasteiger partial charge on any atom is -0.466 e. The summed E-state index contributed by atoms with van der Waals surface area (Å²) in [7, 11) is 0. The molecule has 228 valence electrons. The van der Waals surface area contributed by atoms with Crippen LogP contribution < -0.4 is 10.6 Å². The van der Waals surface area contributed by atoms with Crippen LogP contribution in [0.2, 0.25) is 0 Å². The van der Waals surface area contributed by atoms with Crippen molar-refractivity contribution in [1.82, 2.24) is 15.5 Å². The molecule has 1 aliphatic rings. The number of amides is 3. The Bertz CT molecular complexity index is 1240. The molecule has 0 spiro atoms. The van der Waals surface area contributed by atoms with E-state index in [1.165, 1.54) is 0 Å². The third-order valence-electron chi connectivity index (χ3n) is 7.17. The van der Waals surface area contributed by atoms with E-state index >= 15 is 0 Å². The van der Waals surface area contributed by atoms with Crippen LogP contribution in [-0.4, -0.2) is 59.6 Å². The lowest BCUT2D eigenvalue weighted by Crippen LogP contribution is -2.58. The molecule has 0 radical (unpaired) electrons. The minimum atomic E-state index is -0.969. The van der Waals surface area contributed by atoms with E-state index in [9.17, 15) is 19.2 Å². The fraction of sp³-hybridized carbons (Fsp3) is 0.515. The molecule has 3 rings (SSSR count). The van der Waals surface area contributed by atoms with E-state index in [4.69, 9.17) is 9.47 Å². The number of hydrogen-bond donors (Lipinski definition) is 2. The zero-order valence-corrected chi connectivity index (χ0v) is 25.7. The molecule has 1 saturated carbocycles. The summed E-state index contributed by atoms with van der Waals surface area (Å²) < 4.78 is 10.5. The van der Waals surface area contributed by atoms with Gasteiger partial charge < -0.3 is 25.0 Å². The average molecular weight is 580 g/mol. The summed E-state index contributed by atoms with van der Waals surface area (Å²) in [4.78, 5) is 55.0. The second kappa shape index (κ2) is 14.8. The van der Waals surface area contributed by atoms with E-state index < -0.39 is 29.7 Å². The van der Waals surface area contributed by atoms with Gasteiger partial charge in [-0.25, -0.2) is 4.79 Å². The van der Waals surface area contributed by atoms with Gasteiger partial charge in [0.25, 0.3) is 0 Å². The van der Waals surface area contributed by atoms with Crippen molar-refractivity contribution in [3.63, 3.8) is 0 Å². The highest BCUT2D eigenvalue weighted by atomic mass is 16.6. The Kier molecular flexibility index (Phi) is 11.5. The van der Waals surface area contributed by atoms with Gasteiger partial charge in [-0.2, -0.15) is 0 Å². The number of carbonyl (C=O) groups is 4. The monoisotopic (exact) mass is 579 g/mol. The maximum Gasteiger partial charge on any atom is 0.408 e. The average Bonchev–Trinajstić information content (AvgIpc) is 2.87. The maximum absolute atomic E-state index is 14.5. The maximum atomic E-state index is 14.5. The van der Waals surface area contributed by atoms with Crippen LogP contribution in [0.4, 0.5) is 4.79 Å². The first-order chi connectivity index (χ1) is 19.9. The van der Waals surface area contributed by atoms with Crippen LogP contribution in [0.3, 0.4) is 0 Å². The minimum absolute atomic E-state index is 0.0212. The number of rotatable bonds is 12. The molecule has 9 nitrogen and oxygen atoms in total. The van der Waals surface area contributed by atoms with Crippen LogP contribution in [0.1, 0.15) is 81.7 Å². The Morgan fingerprint density at radius 1 is 1.02 bits per heavy atom. The quantitative estimate of drug-likeness (QED) is 0.345. The molecule has 1 fully saturated rings. The second-order valence-corrected chi connectivity index (χ2v) is 11.8. The Labute approximate surface area is 249 Å². The third kappa shape index (κ3) is 9.33. The molecule has 3 amide bonds. The molecule has 1 aliphatic carbocycles. The van der Waals surface area contributed by atoms with Gasteiger partial charge in [0.1, 0.15) is 17.7 Å². The Morgan fingerprint density at radius 3 is 2.29 bits per heavy atom. The van der Waals surface area contributed by atoms with Crippen LogP contribution in [0.15, 0.2) is 48.5 Å². The van der Waals surface area contributed by atoms with Gasteiger partial charge in [0.15, 0.2) is 0 Å². The van der Waals surface area contributed by atoms with Crippen molar-refractivity contribution in [3.05, 3.63) is 70.8 Å². The van der Waals surface area contributed by atoms with Crippen LogP contribution >= 0.6 is 0 Å². The van der Waals surface area contributed by atoms with Gasteiger partial charge in [0.2, 0.25) is 11.8 Å². The van der Waals surface area contributed by atoms with Crippen molar-refractivity contribution in [3.8, 4) is 0 Å². The molecule has 42 heavy (non-hydrogen) atoms. The van der Waals surface area contributed by atoms with E-state index in [0.29, 0.717) is 5.56 Å². The fourth-order valence-electron chi connectivity index (χ4n) is 5.03. The number of nitrogens with zero attached hydrogens (tertiary/aromatic N) is 1. The van der Waals surface area contributed by atoms with E-state index in [-0.39, 0.29) is 43.8 Å². The lowest BCUT2D eigenvalue weighted by molar-refractivity contribution is -0.148. The highest BCUT2D eigenvalue weighted by Gasteiger charge is 2.42. The van der Waals surface area contributed by atoms with Crippen molar-refractivity contribution in [2.24, 2.45) is 0 Å². The molecule has 0 heterocycles. The van der Waals surface area contributed by atoms with E-state index in [1.54, 1.807) is 32.6 Å². The standard InChI is InChI=1S/C33H45N3O6/c1-7-41-28(37)18-19-34-30(38)29(26-17-16-22(2)20-23(26)3)36(25-14-11-15-25)31(39)27(21-24-12-9-8-10-13-24)35-32(40)42-33(4,5)6/h8-10,12-13,16-17,20,25,27,29H,7,11,14-15,18-19,21H2,1-6H3,(H,34,38)(H,35,40). The van der Waals surface area contributed by atoms with Gasteiger partial charge in [0, 0.05) is 19.0 Å². The van der Waals surface area contributed by atoms with Crippen LogP contribution in [0.25, 0.3) is 0 Å². The Morgan fingerprint density at radius 2 is 1.71 bits per heavy atom.